The van der Waals surface area contributed by atoms with Crippen molar-refractivity contribution in [3.05, 3.63) is 17.3 Å². The lowest BCUT2D eigenvalue weighted by Gasteiger charge is -2.23. The van der Waals surface area contributed by atoms with Crippen LogP contribution in [0.2, 0.25) is 0 Å². The van der Waals surface area contributed by atoms with Crippen LogP contribution in [-0.4, -0.2) is 48.8 Å². The molecule has 7 heteroatoms. The summed E-state index contributed by atoms with van der Waals surface area (Å²) >= 11 is 0. The van der Waals surface area contributed by atoms with Gasteiger partial charge >= 0.3 is 0 Å². The lowest BCUT2D eigenvalue weighted by molar-refractivity contribution is -0.131. The Kier molecular flexibility index (Phi) is 3.66. The van der Waals surface area contributed by atoms with Gasteiger partial charge in [0.15, 0.2) is 15.7 Å². The van der Waals surface area contributed by atoms with Crippen LogP contribution < -0.4 is 0 Å². The molecule has 2 rings (SSSR count). The van der Waals surface area contributed by atoms with E-state index in [-0.39, 0.29) is 29.9 Å². The minimum atomic E-state index is -2.98. The summed E-state index contributed by atoms with van der Waals surface area (Å²) in [6.45, 7) is 3.52. The highest BCUT2D eigenvalue weighted by molar-refractivity contribution is 7.91. The number of carbonyl (C=O) groups is 1. The summed E-state index contributed by atoms with van der Waals surface area (Å²) in [5, 5.41) is 0. The van der Waals surface area contributed by atoms with Gasteiger partial charge in [-0.15, -0.1) is 0 Å². The monoisotopic (exact) mass is 286 g/mol. The summed E-state index contributed by atoms with van der Waals surface area (Å²) in [4.78, 5) is 17.7. The van der Waals surface area contributed by atoms with Gasteiger partial charge in [0.2, 0.25) is 5.91 Å². The van der Waals surface area contributed by atoms with Crippen LogP contribution in [0.5, 0.6) is 0 Å². The lowest BCUT2D eigenvalue weighted by atomic mass is 10.2. The summed E-state index contributed by atoms with van der Waals surface area (Å²) in [5.41, 5.74) is 0.707. The van der Waals surface area contributed by atoms with Crippen molar-refractivity contribution in [3.8, 4) is 0 Å². The van der Waals surface area contributed by atoms with Crippen LogP contribution in [0.15, 0.2) is 4.42 Å². The van der Waals surface area contributed by atoms with E-state index in [9.17, 15) is 13.2 Å². The second-order valence-electron chi connectivity index (χ2n) is 4.98. The van der Waals surface area contributed by atoms with Crippen molar-refractivity contribution in [3.63, 3.8) is 0 Å². The summed E-state index contributed by atoms with van der Waals surface area (Å²) in [6, 6.07) is -0.221. The molecular weight excluding hydrogens is 268 g/mol. The summed E-state index contributed by atoms with van der Waals surface area (Å²) in [5.74, 6) is 1.17. The van der Waals surface area contributed by atoms with E-state index in [1.807, 2.05) is 0 Å². The Morgan fingerprint density at radius 1 is 1.47 bits per heavy atom. The molecular formula is C12H18N2O4S. The van der Waals surface area contributed by atoms with Crippen molar-refractivity contribution in [2.24, 2.45) is 0 Å². The smallest absolute Gasteiger partial charge is 0.230 e. The van der Waals surface area contributed by atoms with E-state index in [0.29, 0.717) is 23.8 Å². The zero-order valence-electron chi connectivity index (χ0n) is 11.3. The van der Waals surface area contributed by atoms with Gasteiger partial charge in [-0.2, -0.15) is 0 Å². The number of sulfone groups is 1. The molecule has 1 unspecified atom stereocenters. The van der Waals surface area contributed by atoms with E-state index in [0.717, 1.165) is 0 Å². The maximum atomic E-state index is 12.1. The third-order valence-corrected chi connectivity index (χ3v) is 5.21. The van der Waals surface area contributed by atoms with Crippen LogP contribution in [0.3, 0.4) is 0 Å². The topological polar surface area (TPSA) is 80.5 Å². The Balaban J connectivity index is 2.02. The summed E-state index contributed by atoms with van der Waals surface area (Å²) < 4.78 is 28.2. The van der Waals surface area contributed by atoms with Gasteiger partial charge in [0, 0.05) is 20.0 Å². The molecule has 1 amide bonds. The fourth-order valence-corrected chi connectivity index (χ4v) is 4.06. The van der Waals surface area contributed by atoms with Gasteiger partial charge in [-0.05, 0) is 13.3 Å². The van der Waals surface area contributed by atoms with Gasteiger partial charge in [0.25, 0.3) is 0 Å². The van der Waals surface area contributed by atoms with Gasteiger partial charge in [-0.25, -0.2) is 13.4 Å². The Bertz CT molecular complexity index is 591. The zero-order chi connectivity index (χ0) is 14.2. The predicted molar refractivity (Wildman–Crippen MR) is 69.5 cm³/mol. The molecule has 0 N–H and O–H groups in total. The number of amides is 1. The highest BCUT2D eigenvalue weighted by Gasteiger charge is 2.33. The maximum absolute atomic E-state index is 12.1. The van der Waals surface area contributed by atoms with Crippen molar-refractivity contribution < 1.29 is 17.6 Å². The Morgan fingerprint density at radius 3 is 2.63 bits per heavy atom. The van der Waals surface area contributed by atoms with Crippen LogP contribution in [0.1, 0.15) is 23.8 Å². The molecule has 1 aromatic rings. The maximum Gasteiger partial charge on any atom is 0.230 e. The number of hydrogen-bond donors (Lipinski definition) is 0. The van der Waals surface area contributed by atoms with Crippen molar-refractivity contribution >= 4 is 15.7 Å². The molecule has 0 aliphatic carbocycles. The van der Waals surface area contributed by atoms with Crippen LogP contribution in [0, 0.1) is 13.8 Å². The third-order valence-electron chi connectivity index (χ3n) is 3.46. The van der Waals surface area contributed by atoms with E-state index < -0.39 is 9.84 Å². The van der Waals surface area contributed by atoms with Crippen molar-refractivity contribution in [1.29, 1.82) is 0 Å². The predicted octanol–water partition coefficient (Wildman–Crippen LogP) is 0.479. The average Bonchev–Trinajstić information content (AvgIpc) is 2.81. The highest BCUT2D eigenvalue weighted by Crippen LogP contribution is 2.18. The molecule has 1 aliphatic rings. The van der Waals surface area contributed by atoms with Crippen LogP contribution in [0.4, 0.5) is 0 Å². The number of rotatable bonds is 3. The first-order valence-corrected chi connectivity index (χ1v) is 7.99. The average molecular weight is 286 g/mol. The molecule has 106 valence electrons. The quantitative estimate of drug-likeness (QED) is 0.807. The number of aryl methyl sites for hydroxylation is 2. The Morgan fingerprint density at radius 2 is 2.16 bits per heavy atom. The first kappa shape index (κ1) is 14.0. The molecule has 0 bridgehead atoms. The van der Waals surface area contributed by atoms with E-state index in [1.54, 1.807) is 20.9 Å². The van der Waals surface area contributed by atoms with Gasteiger partial charge in [0.1, 0.15) is 5.76 Å². The third kappa shape index (κ3) is 3.15. The first-order valence-electron chi connectivity index (χ1n) is 6.17. The molecule has 1 fully saturated rings. The zero-order valence-corrected chi connectivity index (χ0v) is 12.2. The minimum absolute atomic E-state index is 0.0592. The lowest BCUT2D eigenvalue weighted by Crippen LogP contribution is -2.38. The fourth-order valence-electron chi connectivity index (χ4n) is 2.28. The Labute approximate surface area is 112 Å². The summed E-state index contributed by atoms with van der Waals surface area (Å²) in [7, 11) is -1.34. The number of hydrogen-bond acceptors (Lipinski definition) is 5. The highest BCUT2D eigenvalue weighted by atomic mass is 32.2. The molecule has 0 radical (unpaired) electrons. The molecule has 0 saturated carbocycles. The standard InChI is InChI=1S/C12H18N2O4S/c1-8-11(18-9(2)13-8)6-12(15)14(3)10-4-5-19(16,17)7-10/h10H,4-7H2,1-3H3. The number of oxazole rings is 1. The van der Waals surface area contributed by atoms with Crippen molar-refractivity contribution in [2.75, 3.05) is 18.6 Å². The van der Waals surface area contributed by atoms with Gasteiger partial charge in [0.05, 0.1) is 23.6 Å². The van der Waals surface area contributed by atoms with Gasteiger partial charge < -0.3 is 9.32 Å². The van der Waals surface area contributed by atoms with Crippen molar-refractivity contribution in [1.82, 2.24) is 9.88 Å². The largest absolute Gasteiger partial charge is 0.445 e. The summed E-state index contributed by atoms with van der Waals surface area (Å²) in [6.07, 6.45) is 0.638. The normalized spacial score (nSPS) is 21.5. The molecule has 0 spiro atoms. The van der Waals surface area contributed by atoms with Gasteiger partial charge in [-0.3, -0.25) is 4.79 Å². The molecule has 19 heavy (non-hydrogen) atoms. The Hall–Kier alpha value is -1.37. The second kappa shape index (κ2) is 4.96. The van der Waals surface area contributed by atoms with Crippen LogP contribution in [0.25, 0.3) is 0 Å². The van der Waals surface area contributed by atoms with Crippen molar-refractivity contribution in [2.45, 2.75) is 32.7 Å². The van der Waals surface area contributed by atoms with E-state index in [4.69, 9.17) is 4.42 Å². The minimum Gasteiger partial charge on any atom is -0.445 e. The van der Waals surface area contributed by atoms with Gasteiger partial charge in [-0.1, -0.05) is 0 Å². The van der Waals surface area contributed by atoms with E-state index >= 15 is 0 Å². The number of likely N-dealkylation sites (N-methyl/N-ethyl adjacent to an activating group) is 1. The number of aromatic nitrogens is 1. The first-order chi connectivity index (χ1) is 8.78. The van der Waals surface area contributed by atoms with Crippen LogP contribution >= 0.6 is 0 Å². The molecule has 1 aromatic heterocycles. The SMILES string of the molecule is Cc1nc(C)c(CC(=O)N(C)C2CCS(=O)(=O)C2)o1. The van der Waals surface area contributed by atoms with Crippen LogP contribution in [-0.2, 0) is 21.1 Å². The fraction of sp³-hybridized carbons (Fsp3) is 0.667. The number of carbonyl (C=O) groups excluding carboxylic acids is 1. The molecule has 1 saturated heterocycles. The number of nitrogens with zero attached hydrogens (tertiary/aromatic N) is 2. The molecule has 6 nitrogen and oxygen atoms in total. The molecule has 2 heterocycles. The molecule has 1 atom stereocenters. The van der Waals surface area contributed by atoms with E-state index in [1.165, 1.54) is 4.90 Å². The second-order valence-corrected chi connectivity index (χ2v) is 7.21. The van der Waals surface area contributed by atoms with E-state index in [2.05, 4.69) is 4.98 Å². The molecule has 1 aliphatic heterocycles. The molecule has 0 aromatic carbocycles.